The molecule has 1 saturated heterocycles. The third-order valence-corrected chi connectivity index (χ3v) is 3.94. The molecule has 2 aromatic carbocycles. The molecule has 3 rings (SSSR count). The molecule has 1 atom stereocenters. The zero-order valence-corrected chi connectivity index (χ0v) is 11.5. The molecule has 1 fully saturated rings. The lowest BCUT2D eigenvalue weighted by Crippen LogP contribution is -2.49. The average Bonchev–Trinajstić information content (AvgIpc) is 2.47. The van der Waals surface area contributed by atoms with E-state index in [1.807, 2.05) is 18.2 Å². The summed E-state index contributed by atoms with van der Waals surface area (Å²) < 4.78 is 41.0. The Kier molecular flexibility index (Phi) is 3.87. The highest BCUT2D eigenvalue weighted by molar-refractivity contribution is 5.86. The first-order valence-electron chi connectivity index (χ1n) is 7.06. The van der Waals surface area contributed by atoms with E-state index in [2.05, 4.69) is 5.32 Å². The minimum Gasteiger partial charge on any atom is -0.314 e. The number of halogens is 3. The van der Waals surface area contributed by atoms with Crippen molar-refractivity contribution < 1.29 is 13.2 Å². The SMILES string of the molecule is FC(F)(F)[C@@H](c1cccc2ccccc12)N1CCNCC1. The summed E-state index contributed by atoms with van der Waals surface area (Å²) in [5.74, 6) is 0. The van der Waals surface area contributed by atoms with Crippen LogP contribution in [0.15, 0.2) is 42.5 Å². The first-order chi connectivity index (χ1) is 10.1. The van der Waals surface area contributed by atoms with E-state index in [0.717, 1.165) is 5.39 Å². The molecule has 1 heterocycles. The molecule has 0 spiro atoms. The lowest BCUT2D eigenvalue weighted by molar-refractivity contribution is -0.187. The molecule has 0 aliphatic carbocycles. The number of piperazine rings is 1. The topological polar surface area (TPSA) is 15.3 Å². The molecule has 112 valence electrons. The van der Waals surface area contributed by atoms with Gasteiger partial charge in [0.15, 0.2) is 0 Å². The predicted molar refractivity (Wildman–Crippen MR) is 77.2 cm³/mol. The molecular formula is C16H17F3N2. The van der Waals surface area contributed by atoms with Gasteiger partial charge in [-0.3, -0.25) is 4.90 Å². The molecule has 0 bridgehead atoms. The molecule has 0 saturated carbocycles. The fraction of sp³-hybridized carbons (Fsp3) is 0.375. The van der Waals surface area contributed by atoms with Crippen molar-refractivity contribution in [3.05, 3.63) is 48.0 Å². The van der Waals surface area contributed by atoms with E-state index in [1.165, 1.54) is 4.90 Å². The van der Waals surface area contributed by atoms with Gasteiger partial charge in [0.25, 0.3) is 0 Å². The van der Waals surface area contributed by atoms with Crippen molar-refractivity contribution in [2.75, 3.05) is 26.2 Å². The van der Waals surface area contributed by atoms with Crippen LogP contribution in [-0.2, 0) is 0 Å². The van der Waals surface area contributed by atoms with E-state index < -0.39 is 12.2 Å². The molecule has 5 heteroatoms. The summed E-state index contributed by atoms with van der Waals surface area (Å²) in [5.41, 5.74) is 0.350. The Morgan fingerprint density at radius 3 is 2.33 bits per heavy atom. The molecule has 2 aromatic rings. The minimum atomic E-state index is -4.28. The Balaban J connectivity index is 2.10. The number of nitrogens with zero attached hydrogens (tertiary/aromatic N) is 1. The van der Waals surface area contributed by atoms with Gasteiger partial charge in [-0.2, -0.15) is 13.2 Å². The second-order valence-electron chi connectivity index (χ2n) is 5.30. The highest BCUT2D eigenvalue weighted by atomic mass is 19.4. The molecule has 1 N–H and O–H groups in total. The van der Waals surface area contributed by atoms with Crippen LogP contribution in [0.1, 0.15) is 11.6 Å². The molecule has 0 unspecified atom stereocenters. The number of nitrogens with one attached hydrogen (secondary N) is 1. The van der Waals surface area contributed by atoms with Gasteiger partial charge in [-0.25, -0.2) is 0 Å². The second kappa shape index (κ2) is 5.66. The van der Waals surface area contributed by atoms with Crippen molar-refractivity contribution in [3.63, 3.8) is 0 Å². The van der Waals surface area contributed by atoms with Crippen molar-refractivity contribution in [2.24, 2.45) is 0 Å². The van der Waals surface area contributed by atoms with Gasteiger partial charge in [-0.05, 0) is 16.3 Å². The molecule has 2 nitrogen and oxygen atoms in total. The molecular weight excluding hydrogens is 277 g/mol. The van der Waals surface area contributed by atoms with Gasteiger partial charge in [-0.1, -0.05) is 42.5 Å². The Morgan fingerprint density at radius 2 is 1.62 bits per heavy atom. The molecule has 0 aromatic heterocycles. The normalized spacial score (nSPS) is 18.8. The van der Waals surface area contributed by atoms with Crippen LogP contribution in [0.5, 0.6) is 0 Å². The lowest BCUT2D eigenvalue weighted by atomic mass is 9.97. The van der Waals surface area contributed by atoms with E-state index >= 15 is 0 Å². The third-order valence-electron chi connectivity index (χ3n) is 3.94. The van der Waals surface area contributed by atoms with Crippen LogP contribution in [0.2, 0.25) is 0 Å². The van der Waals surface area contributed by atoms with Gasteiger partial charge in [0.1, 0.15) is 6.04 Å². The number of rotatable bonds is 2. The average molecular weight is 294 g/mol. The number of fused-ring (bicyclic) bond motifs is 1. The summed E-state index contributed by atoms with van der Waals surface area (Å²) in [4.78, 5) is 1.53. The summed E-state index contributed by atoms with van der Waals surface area (Å²) in [6, 6.07) is 10.9. The van der Waals surface area contributed by atoms with Gasteiger partial charge in [0, 0.05) is 26.2 Å². The molecule has 0 amide bonds. The van der Waals surface area contributed by atoms with Crippen LogP contribution >= 0.6 is 0 Å². The van der Waals surface area contributed by atoms with Gasteiger partial charge < -0.3 is 5.32 Å². The Bertz CT molecular complexity index is 613. The van der Waals surface area contributed by atoms with Crippen LogP contribution in [0.3, 0.4) is 0 Å². The van der Waals surface area contributed by atoms with E-state index in [0.29, 0.717) is 37.1 Å². The molecule has 1 aliphatic heterocycles. The van der Waals surface area contributed by atoms with Crippen molar-refractivity contribution in [1.29, 1.82) is 0 Å². The first-order valence-corrected chi connectivity index (χ1v) is 7.06. The van der Waals surface area contributed by atoms with Crippen LogP contribution in [0.4, 0.5) is 13.2 Å². The first kappa shape index (κ1) is 14.4. The summed E-state index contributed by atoms with van der Waals surface area (Å²) in [6.45, 7) is 2.01. The van der Waals surface area contributed by atoms with Crippen LogP contribution in [0, 0.1) is 0 Å². The number of hydrogen-bond acceptors (Lipinski definition) is 2. The predicted octanol–water partition coefficient (Wildman–Crippen LogP) is 3.35. The van der Waals surface area contributed by atoms with Crippen molar-refractivity contribution in [2.45, 2.75) is 12.2 Å². The number of benzene rings is 2. The van der Waals surface area contributed by atoms with Gasteiger partial charge >= 0.3 is 6.18 Å². The Morgan fingerprint density at radius 1 is 0.952 bits per heavy atom. The zero-order chi connectivity index (χ0) is 14.9. The summed E-state index contributed by atoms with van der Waals surface area (Å²) in [6.07, 6.45) is -4.28. The fourth-order valence-corrected chi connectivity index (χ4v) is 3.01. The maximum absolute atomic E-state index is 13.7. The van der Waals surface area contributed by atoms with Gasteiger partial charge in [0.2, 0.25) is 0 Å². The summed E-state index contributed by atoms with van der Waals surface area (Å²) in [7, 11) is 0. The van der Waals surface area contributed by atoms with Crippen LogP contribution in [-0.4, -0.2) is 37.3 Å². The monoisotopic (exact) mass is 294 g/mol. The number of alkyl halides is 3. The fourth-order valence-electron chi connectivity index (χ4n) is 3.01. The number of hydrogen-bond donors (Lipinski definition) is 1. The lowest BCUT2D eigenvalue weighted by Gasteiger charge is -2.36. The maximum atomic E-state index is 13.7. The Labute approximate surface area is 121 Å². The van der Waals surface area contributed by atoms with Crippen molar-refractivity contribution >= 4 is 10.8 Å². The molecule has 1 aliphatic rings. The highest BCUT2D eigenvalue weighted by Crippen LogP contribution is 2.40. The quantitative estimate of drug-likeness (QED) is 0.914. The van der Waals surface area contributed by atoms with Crippen LogP contribution < -0.4 is 5.32 Å². The van der Waals surface area contributed by atoms with Gasteiger partial charge in [0.05, 0.1) is 0 Å². The smallest absolute Gasteiger partial charge is 0.314 e. The zero-order valence-electron chi connectivity index (χ0n) is 11.5. The van der Waals surface area contributed by atoms with Crippen molar-refractivity contribution in [3.8, 4) is 0 Å². The van der Waals surface area contributed by atoms with Crippen molar-refractivity contribution in [1.82, 2.24) is 10.2 Å². The van der Waals surface area contributed by atoms with Crippen LogP contribution in [0.25, 0.3) is 10.8 Å². The van der Waals surface area contributed by atoms with E-state index in [-0.39, 0.29) is 0 Å². The maximum Gasteiger partial charge on any atom is 0.408 e. The van der Waals surface area contributed by atoms with E-state index in [9.17, 15) is 13.2 Å². The van der Waals surface area contributed by atoms with Gasteiger partial charge in [-0.15, -0.1) is 0 Å². The summed E-state index contributed by atoms with van der Waals surface area (Å²) in [5, 5.41) is 4.63. The Hall–Kier alpha value is -1.59. The minimum absolute atomic E-state index is 0.350. The second-order valence-corrected chi connectivity index (χ2v) is 5.30. The largest absolute Gasteiger partial charge is 0.408 e. The van der Waals surface area contributed by atoms with E-state index in [4.69, 9.17) is 0 Å². The third kappa shape index (κ3) is 2.89. The summed E-state index contributed by atoms with van der Waals surface area (Å²) >= 11 is 0. The highest BCUT2D eigenvalue weighted by Gasteiger charge is 2.45. The standard InChI is InChI=1S/C16H17F3N2/c17-16(18,19)15(21-10-8-20-9-11-21)14-7-3-5-12-4-1-2-6-13(12)14/h1-7,15,20H,8-11H2/t15-/m1/s1. The molecule has 21 heavy (non-hydrogen) atoms. The molecule has 0 radical (unpaired) electrons. The van der Waals surface area contributed by atoms with E-state index in [1.54, 1.807) is 24.3 Å².